The van der Waals surface area contributed by atoms with Crippen molar-refractivity contribution < 1.29 is 36.0 Å². The zero-order valence-corrected chi connectivity index (χ0v) is 17.7. The predicted molar refractivity (Wildman–Crippen MR) is 102 cm³/mol. The summed E-state index contributed by atoms with van der Waals surface area (Å²) in [6, 6.07) is 9.60. The van der Waals surface area contributed by atoms with Gasteiger partial charge in [0, 0.05) is 30.5 Å². The van der Waals surface area contributed by atoms with Crippen molar-refractivity contribution in [1.29, 1.82) is 0 Å². The molecule has 3 fully saturated rings. The second kappa shape index (κ2) is 8.23. The van der Waals surface area contributed by atoms with Gasteiger partial charge in [0.1, 0.15) is 6.54 Å². The van der Waals surface area contributed by atoms with Crippen LogP contribution in [0.3, 0.4) is 0 Å². The van der Waals surface area contributed by atoms with Crippen LogP contribution in [-0.4, -0.2) is 47.2 Å². The first-order valence-electron chi connectivity index (χ1n) is 9.18. The average molecular weight is 465 g/mol. The number of carbonyl (C=O) groups is 2. The molecule has 1 unspecified atom stereocenters. The number of non-ortho nitro benzene ring substituents is 1. The molecule has 5 rings (SSSR count). The minimum atomic E-state index is -0.466. The Hall–Kier alpha value is -1.90. The van der Waals surface area contributed by atoms with Gasteiger partial charge in [-0.15, -0.1) is 11.3 Å². The Balaban J connectivity index is 0.00000225. The van der Waals surface area contributed by atoms with E-state index in [1.165, 1.54) is 35.6 Å². The van der Waals surface area contributed by atoms with Gasteiger partial charge in [0.2, 0.25) is 5.78 Å². The smallest absolute Gasteiger partial charge is 0.269 e. The maximum absolute atomic E-state index is 12.9. The van der Waals surface area contributed by atoms with Crippen LogP contribution in [0.15, 0.2) is 41.8 Å². The molecule has 4 heterocycles. The number of carbonyl (C=O) groups excluding carboxylic acids is 2. The molecule has 0 aliphatic carbocycles. The first kappa shape index (κ1) is 20.8. The maximum atomic E-state index is 12.9. The third-order valence-electron chi connectivity index (χ3n) is 6.08. The molecule has 8 heteroatoms. The number of fused-ring (bicyclic) bond motifs is 3. The summed E-state index contributed by atoms with van der Waals surface area (Å²) in [5.74, 6) is 0.636. The summed E-state index contributed by atoms with van der Waals surface area (Å²) in [5.41, 5.74) is 0.487. The van der Waals surface area contributed by atoms with Crippen molar-refractivity contribution >= 4 is 28.6 Å². The molecule has 2 aromatic rings. The number of piperidine rings is 3. The van der Waals surface area contributed by atoms with Gasteiger partial charge in [-0.05, 0) is 29.5 Å². The largest absolute Gasteiger partial charge is 1.00 e. The Kier molecular flexibility index (Phi) is 6.12. The summed E-state index contributed by atoms with van der Waals surface area (Å²) < 4.78 is 0.661. The van der Waals surface area contributed by atoms with Crippen LogP contribution in [0, 0.1) is 22.0 Å². The summed E-state index contributed by atoms with van der Waals surface area (Å²) in [7, 11) is 0. The molecule has 1 aromatic carbocycles. The van der Waals surface area contributed by atoms with Crippen molar-refractivity contribution in [2.45, 2.75) is 12.8 Å². The van der Waals surface area contributed by atoms with E-state index in [2.05, 4.69) is 0 Å². The Labute approximate surface area is 177 Å². The van der Waals surface area contributed by atoms with Crippen molar-refractivity contribution in [2.24, 2.45) is 11.8 Å². The molecule has 2 bridgehead atoms. The lowest BCUT2D eigenvalue weighted by Crippen LogP contribution is -3.00. The van der Waals surface area contributed by atoms with Gasteiger partial charge in [-0.3, -0.25) is 19.7 Å². The Morgan fingerprint density at radius 2 is 1.82 bits per heavy atom. The lowest BCUT2D eigenvalue weighted by molar-refractivity contribution is -0.937. The number of thiophene rings is 1. The highest BCUT2D eigenvalue weighted by Gasteiger charge is 2.49. The third kappa shape index (κ3) is 3.94. The monoisotopic (exact) mass is 464 g/mol. The number of Topliss-reactive ketones (excluding diaryl/α,β-unsaturated/α-hetero) is 2. The number of hydrogen-bond acceptors (Lipinski definition) is 5. The van der Waals surface area contributed by atoms with Crippen molar-refractivity contribution in [2.75, 3.05) is 26.2 Å². The first-order valence-corrected chi connectivity index (χ1v) is 10.1. The molecular formula is C20H21BrN2O4S. The fourth-order valence-electron chi connectivity index (χ4n) is 4.57. The van der Waals surface area contributed by atoms with E-state index in [9.17, 15) is 19.7 Å². The van der Waals surface area contributed by atoms with E-state index in [0.717, 1.165) is 37.4 Å². The van der Waals surface area contributed by atoms with Crippen LogP contribution in [0.4, 0.5) is 5.69 Å². The van der Waals surface area contributed by atoms with Crippen molar-refractivity contribution in [3.8, 4) is 0 Å². The zero-order chi connectivity index (χ0) is 19.0. The number of hydrogen-bond donors (Lipinski definition) is 0. The minimum Gasteiger partial charge on any atom is -1.00 e. The molecule has 1 aromatic heterocycles. The number of halogens is 1. The number of rotatable bonds is 6. The summed E-state index contributed by atoms with van der Waals surface area (Å²) in [6.45, 7) is 2.94. The van der Waals surface area contributed by atoms with Gasteiger partial charge in [-0.2, -0.15) is 0 Å². The highest BCUT2D eigenvalue weighted by atomic mass is 79.9. The second-order valence-corrected chi connectivity index (χ2v) is 8.59. The maximum Gasteiger partial charge on any atom is 0.269 e. The summed E-state index contributed by atoms with van der Waals surface area (Å²) in [6.07, 6.45) is 1.96. The van der Waals surface area contributed by atoms with Crippen LogP contribution in [0.2, 0.25) is 0 Å². The number of benzene rings is 1. The van der Waals surface area contributed by atoms with Crippen molar-refractivity contribution in [1.82, 2.24) is 0 Å². The van der Waals surface area contributed by atoms with E-state index in [1.807, 2.05) is 17.5 Å². The van der Waals surface area contributed by atoms with Gasteiger partial charge in [-0.1, -0.05) is 6.07 Å². The van der Waals surface area contributed by atoms with Crippen LogP contribution in [0.1, 0.15) is 32.9 Å². The highest BCUT2D eigenvalue weighted by Crippen LogP contribution is 2.40. The molecule has 0 spiro atoms. The summed E-state index contributed by atoms with van der Waals surface area (Å²) in [4.78, 5) is 36.8. The normalized spacial score (nSPS) is 25.7. The number of nitro groups is 1. The fourth-order valence-corrected chi connectivity index (χ4v) is 5.30. The molecule has 1 atom stereocenters. The van der Waals surface area contributed by atoms with Gasteiger partial charge in [0.25, 0.3) is 5.69 Å². The van der Waals surface area contributed by atoms with Crippen molar-refractivity contribution in [3.05, 3.63) is 62.3 Å². The number of nitrogens with zero attached hydrogens (tertiary/aromatic N) is 2. The Bertz CT molecular complexity index is 874. The quantitative estimate of drug-likeness (QED) is 0.271. The van der Waals surface area contributed by atoms with E-state index in [0.29, 0.717) is 22.5 Å². The third-order valence-corrected chi connectivity index (χ3v) is 6.97. The van der Waals surface area contributed by atoms with Crippen LogP contribution in [0.25, 0.3) is 0 Å². The molecule has 3 aliphatic rings. The second-order valence-electron chi connectivity index (χ2n) is 7.64. The molecule has 0 radical (unpaired) electrons. The van der Waals surface area contributed by atoms with E-state index < -0.39 is 4.92 Å². The molecule has 0 amide bonds. The molecule has 6 nitrogen and oxygen atoms in total. The SMILES string of the molecule is O=C(C[N+]12CCC(CC1)C(C(=O)c1cccs1)C2)c1ccc([N+](=O)[O-])cc1.[Br-]. The topological polar surface area (TPSA) is 77.3 Å². The van der Waals surface area contributed by atoms with Crippen LogP contribution < -0.4 is 17.0 Å². The van der Waals surface area contributed by atoms with E-state index in [1.54, 1.807) is 0 Å². The molecule has 0 N–H and O–H groups in total. The Morgan fingerprint density at radius 3 is 2.39 bits per heavy atom. The average Bonchev–Trinajstić information content (AvgIpc) is 3.22. The standard InChI is InChI=1S/C20H21N2O4S.BrH/c23-18(15-3-5-16(6-4-15)21(25)26)13-22-9-7-14(8-10-22)17(12-22)20(24)19-2-1-11-27-19;/h1-6,11,14,17H,7-10,12-13H2;1H/q+1;/p-1. The molecular weight excluding hydrogens is 444 g/mol. The van der Waals surface area contributed by atoms with Gasteiger partial charge in [-0.25, -0.2) is 0 Å². The van der Waals surface area contributed by atoms with Gasteiger partial charge in [0.05, 0.1) is 35.4 Å². The highest BCUT2D eigenvalue weighted by molar-refractivity contribution is 7.12. The molecule has 28 heavy (non-hydrogen) atoms. The summed E-state index contributed by atoms with van der Waals surface area (Å²) in [5, 5.41) is 12.7. The number of ketones is 2. The van der Waals surface area contributed by atoms with E-state index >= 15 is 0 Å². The lowest BCUT2D eigenvalue weighted by Gasteiger charge is -2.51. The lowest BCUT2D eigenvalue weighted by atomic mass is 9.74. The van der Waals surface area contributed by atoms with Crippen LogP contribution >= 0.6 is 11.3 Å². The van der Waals surface area contributed by atoms with Gasteiger partial charge >= 0.3 is 0 Å². The van der Waals surface area contributed by atoms with E-state index in [-0.39, 0.29) is 40.2 Å². The minimum absolute atomic E-state index is 0. The molecule has 3 saturated heterocycles. The first-order chi connectivity index (χ1) is 13.0. The number of nitro benzene ring substituents is 1. The summed E-state index contributed by atoms with van der Waals surface area (Å²) >= 11 is 1.49. The van der Waals surface area contributed by atoms with Crippen LogP contribution in [0.5, 0.6) is 0 Å². The van der Waals surface area contributed by atoms with Gasteiger partial charge in [0.15, 0.2) is 5.78 Å². The Morgan fingerprint density at radius 1 is 1.14 bits per heavy atom. The van der Waals surface area contributed by atoms with Gasteiger partial charge < -0.3 is 21.5 Å². The molecule has 3 aliphatic heterocycles. The van der Waals surface area contributed by atoms with Crippen LogP contribution in [-0.2, 0) is 0 Å². The molecule has 148 valence electrons. The zero-order valence-electron chi connectivity index (χ0n) is 15.3. The molecule has 0 saturated carbocycles. The predicted octanol–water partition coefficient (Wildman–Crippen LogP) is 0.583. The van der Waals surface area contributed by atoms with E-state index in [4.69, 9.17) is 0 Å². The van der Waals surface area contributed by atoms with Crippen molar-refractivity contribution in [3.63, 3.8) is 0 Å². The fraction of sp³-hybridized carbons (Fsp3) is 0.400. The number of quaternary nitrogens is 1.